The lowest BCUT2D eigenvalue weighted by molar-refractivity contribution is -0.788. The van der Waals surface area contributed by atoms with Crippen LogP contribution in [0.25, 0.3) is 0 Å². The number of aromatic nitrogens is 4. The molecule has 0 N–H and O–H groups in total. The third kappa shape index (κ3) is 2.97. The number of nitrogens with zero attached hydrogens (tertiary/aromatic N) is 4. The molecule has 130 valence electrons. The first-order chi connectivity index (χ1) is 11.3. The maximum atomic E-state index is 3.88. The van der Waals surface area contributed by atoms with E-state index in [9.17, 15) is 0 Å². The molecule has 0 radical (unpaired) electrons. The van der Waals surface area contributed by atoms with Gasteiger partial charge in [0.1, 0.15) is 49.0 Å². The summed E-state index contributed by atoms with van der Waals surface area (Å²) in [5.41, 5.74) is 5.33. The molecular weight excluding hydrogens is 296 g/mol. The van der Waals surface area contributed by atoms with Crippen LogP contribution >= 0.6 is 0 Å². The molecule has 0 aromatic carbocycles. The van der Waals surface area contributed by atoms with Crippen LogP contribution in [-0.4, -0.2) is 9.13 Å². The Balaban J connectivity index is 2.33. The zero-order chi connectivity index (χ0) is 18.0. The maximum absolute atomic E-state index is 3.88. The summed E-state index contributed by atoms with van der Waals surface area (Å²) in [4.78, 5) is 0. The van der Waals surface area contributed by atoms with Gasteiger partial charge in [-0.1, -0.05) is 25.3 Å². The van der Waals surface area contributed by atoms with Crippen LogP contribution in [0.2, 0.25) is 0 Å². The topological polar surface area (TPSA) is 17.6 Å². The summed E-state index contributed by atoms with van der Waals surface area (Å²) in [5.74, 6) is 2.59. The molecule has 24 heavy (non-hydrogen) atoms. The molecule has 0 unspecified atom stereocenters. The molecule has 0 saturated carbocycles. The average Bonchev–Trinajstić information content (AvgIpc) is 2.87. The van der Waals surface area contributed by atoms with E-state index < -0.39 is 0 Å². The average molecular weight is 329 g/mol. The summed E-state index contributed by atoms with van der Waals surface area (Å²) in [5, 5.41) is 0. The molecule has 0 bridgehead atoms. The van der Waals surface area contributed by atoms with Gasteiger partial charge in [-0.05, 0) is 0 Å². The fraction of sp³-hybridized carbons (Fsp3) is 0.500. The van der Waals surface area contributed by atoms with Crippen molar-refractivity contribution in [3.8, 4) is 0 Å². The van der Waals surface area contributed by atoms with E-state index in [4.69, 9.17) is 0 Å². The molecular formula is C20H32N4+2. The second-order valence-electron chi connectivity index (χ2n) is 6.54. The summed E-state index contributed by atoms with van der Waals surface area (Å²) in [7, 11) is 0. The SMILES string of the molecule is C=CCn1c(C)c(C)[n+](CC[n+]2c(C)c(C)n(CC=C)c2C)c1C. The predicted molar refractivity (Wildman–Crippen MR) is 98.1 cm³/mol. The van der Waals surface area contributed by atoms with E-state index in [1.54, 1.807) is 0 Å². The van der Waals surface area contributed by atoms with E-state index >= 15 is 0 Å². The summed E-state index contributed by atoms with van der Waals surface area (Å²) in [6.45, 7) is 24.6. The van der Waals surface area contributed by atoms with Gasteiger partial charge >= 0.3 is 0 Å². The fourth-order valence-electron chi connectivity index (χ4n) is 3.70. The lowest BCUT2D eigenvalue weighted by Crippen LogP contribution is -2.49. The van der Waals surface area contributed by atoms with E-state index in [1.165, 1.54) is 34.4 Å². The van der Waals surface area contributed by atoms with Gasteiger partial charge in [-0.3, -0.25) is 0 Å². The number of allylic oxidation sites excluding steroid dienone is 2. The number of imidazole rings is 2. The van der Waals surface area contributed by atoms with Gasteiger partial charge in [0.05, 0.1) is 0 Å². The first-order valence-electron chi connectivity index (χ1n) is 8.69. The smallest absolute Gasteiger partial charge is 0.228 e. The summed E-state index contributed by atoms with van der Waals surface area (Å²) in [6, 6.07) is 0. The number of hydrogen-bond acceptors (Lipinski definition) is 0. The summed E-state index contributed by atoms with van der Waals surface area (Å²) < 4.78 is 9.51. The minimum Gasteiger partial charge on any atom is -0.228 e. The normalized spacial score (nSPS) is 11.1. The quantitative estimate of drug-likeness (QED) is 0.549. The van der Waals surface area contributed by atoms with Crippen molar-refractivity contribution in [1.29, 1.82) is 0 Å². The van der Waals surface area contributed by atoms with Gasteiger partial charge in [0.2, 0.25) is 0 Å². The van der Waals surface area contributed by atoms with Gasteiger partial charge in [-0.15, -0.1) is 0 Å². The van der Waals surface area contributed by atoms with E-state index in [1.807, 2.05) is 12.2 Å². The molecule has 0 amide bonds. The lowest BCUT2D eigenvalue weighted by Gasteiger charge is -2.03. The highest BCUT2D eigenvalue weighted by atomic mass is 15.2. The zero-order valence-corrected chi connectivity index (χ0v) is 16.2. The Kier molecular flexibility index (Phi) is 5.47. The fourth-order valence-corrected chi connectivity index (χ4v) is 3.70. The minimum absolute atomic E-state index is 0.867. The molecule has 2 heterocycles. The minimum atomic E-state index is 0.867. The van der Waals surface area contributed by atoms with Crippen molar-refractivity contribution in [3.05, 3.63) is 59.7 Å². The molecule has 0 atom stereocenters. The highest BCUT2D eigenvalue weighted by molar-refractivity contribution is 5.08. The van der Waals surface area contributed by atoms with Crippen molar-refractivity contribution in [2.75, 3.05) is 0 Å². The molecule has 0 saturated heterocycles. The molecule has 0 spiro atoms. The Morgan fingerprint density at radius 3 is 1.33 bits per heavy atom. The molecule has 0 aliphatic rings. The Labute approximate surface area is 146 Å². The molecule has 0 fully saturated rings. The zero-order valence-electron chi connectivity index (χ0n) is 16.2. The van der Waals surface area contributed by atoms with Crippen molar-refractivity contribution < 1.29 is 9.13 Å². The highest BCUT2D eigenvalue weighted by Crippen LogP contribution is 2.10. The van der Waals surface area contributed by atoms with Crippen molar-refractivity contribution in [1.82, 2.24) is 9.13 Å². The van der Waals surface area contributed by atoms with Gasteiger partial charge in [-0.2, -0.15) is 0 Å². The largest absolute Gasteiger partial charge is 0.254 e. The van der Waals surface area contributed by atoms with Crippen LogP contribution in [0.1, 0.15) is 34.4 Å². The van der Waals surface area contributed by atoms with Gasteiger partial charge < -0.3 is 0 Å². The predicted octanol–water partition coefficient (Wildman–Crippen LogP) is 2.79. The van der Waals surface area contributed by atoms with E-state index in [2.05, 4.69) is 73.0 Å². The first kappa shape index (κ1) is 18.2. The standard InChI is InChI=1S/C20H32N4/c1-9-11-21-15(3)17(5)23(19(21)7)13-14-24-18(6)16(4)22(12-10-2)20(24)8/h9-10H,1-2,11-14H2,3-8H3/q+2. The van der Waals surface area contributed by atoms with Gasteiger partial charge in [0.15, 0.2) is 0 Å². The van der Waals surface area contributed by atoms with Crippen LogP contribution in [0.15, 0.2) is 25.3 Å². The molecule has 2 aromatic rings. The molecule has 0 aliphatic carbocycles. The van der Waals surface area contributed by atoms with Gasteiger partial charge in [0.25, 0.3) is 11.6 Å². The second kappa shape index (κ2) is 7.20. The molecule has 0 aliphatic heterocycles. The van der Waals surface area contributed by atoms with Crippen LogP contribution in [0, 0.1) is 41.5 Å². The van der Waals surface area contributed by atoms with Crippen molar-refractivity contribution in [2.24, 2.45) is 0 Å². The first-order valence-corrected chi connectivity index (χ1v) is 8.69. The van der Waals surface area contributed by atoms with Gasteiger partial charge in [-0.25, -0.2) is 18.3 Å². The maximum Gasteiger partial charge on any atom is 0.254 e. The summed E-state index contributed by atoms with van der Waals surface area (Å²) in [6.07, 6.45) is 3.93. The third-order valence-electron chi connectivity index (χ3n) is 5.40. The van der Waals surface area contributed by atoms with E-state index in [0.29, 0.717) is 0 Å². The second-order valence-corrected chi connectivity index (χ2v) is 6.54. The van der Waals surface area contributed by atoms with Crippen molar-refractivity contribution in [2.45, 2.75) is 67.7 Å². The van der Waals surface area contributed by atoms with Crippen LogP contribution in [0.3, 0.4) is 0 Å². The van der Waals surface area contributed by atoms with Crippen molar-refractivity contribution >= 4 is 0 Å². The Morgan fingerprint density at radius 1 is 0.708 bits per heavy atom. The van der Waals surface area contributed by atoms with Crippen LogP contribution < -0.4 is 9.13 Å². The van der Waals surface area contributed by atoms with Crippen molar-refractivity contribution in [3.63, 3.8) is 0 Å². The van der Waals surface area contributed by atoms with Crippen LogP contribution in [-0.2, 0) is 26.2 Å². The Morgan fingerprint density at radius 2 is 1.04 bits per heavy atom. The monoisotopic (exact) mass is 328 g/mol. The Hall–Kier alpha value is -2.10. The van der Waals surface area contributed by atoms with E-state index in [-0.39, 0.29) is 0 Å². The van der Waals surface area contributed by atoms with Crippen LogP contribution in [0.4, 0.5) is 0 Å². The number of rotatable bonds is 7. The van der Waals surface area contributed by atoms with E-state index in [0.717, 1.165) is 26.2 Å². The summed E-state index contributed by atoms with van der Waals surface area (Å²) >= 11 is 0. The van der Waals surface area contributed by atoms with Gasteiger partial charge in [0, 0.05) is 41.5 Å². The molecule has 4 heteroatoms. The Bertz CT molecular complexity index is 708. The van der Waals surface area contributed by atoms with Crippen LogP contribution in [0.5, 0.6) is 0 Å². The molecule has 2 rings (SSSR count). The number of hydrogen-bond donors (Lipinski definition) is 0. The third-order valence-corrected chi connectivity index (χ3v) is 5.40. The molecule has 2 aromatic heterocycles. The molecule has 4 nitrogen and oxygen atoms in total. The lowest BCUT2D eigenvalue weighted by atomic mass is 10.3. The highest BCUT2D eigenvalue weighted by Gasteiger charge is 2.25.